The minimum atomic E-state index is -0.580. The Morgan fingerprint density at radius 1 is 1.67 bits per heavy atom. The molecule has 0 unspecified atom stereocenters. The molecule has 1 heterocycles. The molecule has 0 aliphatic carbocycles. The first-order chi connectivity index (χ1) is 6.91. The van der Waals surface area contributed by atoms with Gasteiger partial charge in [-0.1, -0.05) is 0 Å². The summed E-state index contributed by atoms with van der Waals surface area (Å²) in [4.78, 5) is 22.6. The molecule has 1 rings (SSSR count). The number of nitro groups is 1. The van der Waals surface area contributed by atoms with Crippen molar-refractivity contribution in [3.63, 3.8) is 0 Å². The van der Waals surface area contributed by atoms with Crippen LogP contribution >= 0.6 is 0 Å². The van der Waals surface area contributed by atoms with Crippen molar-refractivity contribution in [3.05, 3.63) is 21.9 Å². The van der Waals surface area contributed by atoms with Crippen LogP contribution in [0.1, 0.15) is 5.69 Å². The Bertz CT molecular complexity index is 397. The second kappa shape index (κ2) is 4.07. The van der Waals surface area contributed by atoms with Crippen LogP contribution in [0.3, 0.4) is 0 Å². The molecular formula is C8H12N4O3. The first kappa shape index (κ1) is 11.2. The van der Waals surface area contributed by atoms with Crippen molar-refractivity contribution in [1.29, 1.82) is 0 Å². The van der Waals surface area contributed by atoms with Gasteiger partial charge in [-0.25, -0.2) is 0 Å². The first-order valence-electron chi connectivity index (χ1n) is 4.31. The Hall–Kier alpha value is -1.92. The number of rotatable bonds is 3. The van der Waals surface area contributed by atoms with Crippen LogP contribution in [-0.4, -0.2) is 39.6 Å². The predicted molar refractivity (Wildman–Crippen MR) is 52.3 cm³/mol. The molecule has 0 atom stereocenters. The van der Waals surface area contributed by atoms with E-state index in [2.05, 4.69) is 5.10 Å². The molecule has 0 radical (unpaired) electrons. The SMILES string of the molecule is Cc1cc([N+](=O)[O-])nn1CC(=O)N(C)C. The molecule has 0 aliphatic rings. The molecule has 1 amide bonds. The van der Waals surface area contributed by atoms with Gasteiger partial charge < -0.3 is 15.0 Å². The lowest BCUT2D eigenvalue weighted by Crippen LogP contribution is -2.27. The summed E-state index contributed by atoms with van der Waals surface area (Å²) in [5.74, 6) is -0.393. The topological polar surface area (TPSA) is 81.3 Å². The number of carbonyl (C=O) groups is 1. The molecule has 0 aromatic carbocycles. The number of amides is 1. The van der Waals surface area contributed by atoms with Crippen molar-refractivity contribution < 1.29 is 9.72 Å². The van der Waals surface area contributed by atoms with E-state index in [1.165, 1.54) is 15.6 Å². The van der Waals surface area contributed by atoms with Gasteiger partial charge in [-0.15, -0.1) is 0 Å². The monoisotopic (exact) mass is 212 g/mol. The summed E-state index contributed by atoms with van der Waals surface area (Å²) >= 11 is 0. The maximum atomic E-state index is 11.3. The van der Waals surface area contributed by atoms with Gasteiger partial charge in [0, 0.05) is 14.1 Å². The fourth-order valence-electron chi connectivity index (χ4n) is 1.01. The van der Waals surface area contributed by atoms with Crippen LogP contribution in [0.2, 0.25) is 0 Å². The number of likely N-dealkylation sites (N-methyl/N-ethyl adjacent to an activating group) is 1. The lowest BCUT2D eigenvalue weighted by Gasteiger charge is -2.08. The van der Waals surface area contributed by atoms with E-state index in [4.69, 9.17) is 0 Å². The molecule has 0 bridgehead atoms. The van der Waals surface area contributed by atoms with E-state index < -0.39 is 4.92 Å². The van der Waals surface area contributed by atoms with Crippen LogP contribution in [0, 0.1) is 17.0 Å². The molecule has 0 fully saturated rings. The smallest absolute Gasteiger partial charge is 0.358 e. The van der Waals surface area contributed by atoms with Crippen LogP contribution in [0.5, 0.6) is 0 Å². The highest BCUT2D eigenvalue weighted by Crippen LogP contribution is 2.10. The third kappa shape index (κ3) is 2.52. The molecule has 0 saturated heterocycles. The molecule has 82 valence electrons. The predicted octanol–water partition coefficient (Wildman–Crippen LogP) is 0.188. The Morgan fingerprint density at radius 3 is 2.67 bits per heavy atom. The number of aryl methyl sites for hydroxylation is 1. The largest absolute Gasteiger partial charge is 0.390 e. The van der Waals surface area contributed by atoms with Gasteiger partial charge in [0.25, 0.3) is 0 Å². The van der Waals surface area contributed by atoms with Crippen molar-refractivity contribution >= 4 is 11.7 Å². The Balaban J connectivity index is 2.86. The molecular weight excluding hydrogens is 200 g/mol. The molecule has 0 N–H and O–H groups in total. The van der Waals surface area contributed by atoms with Gasteiger partial charge in [-0.2, -0.15) is 4.68 Å². The van der Waals surface area contributed by atoms with Crippen LogP contribution in [-0.2, 0) is 11.3 Å². The third-order valence-electron chi connectivity index (χ3n) is 1.94. The summed E-state index contributed by atoms with van der Waals surface area (Å²) < 4.78 is 1.32. The van der Waals surface area contributed by atoms with Crippen molar-refractivity contribution in [1.82, 2.24) is 14.7 Å². The normalized spacial score (nSPS) is 10.1. The molecule has 1 aromatic rings. The molecule has 1 aromatic heterocycles. The maximum absolute atomic E-state index is 11.3. The summed E-state index contributed by atoms with van der Waals surface area (Å²) in [6.07, 6.45) is 0. The average Bonchev–Trinajstić information content (AvgIpc) is 2.47. The quantitative estimate of drug-likeness (QED) is 0.529. The van der Waals surface area contributed by atoms with Gasteiger partial charge in [-0.3, -0.25) is 4.79 Å². The van der Waals surface area contributed by atoms with Gasteiger partial charge in [0.05, 0.1) is 16.9 Å². The Labute approximate surface area is 86.4 Å². The zero-order valence-electron chi connectivity index (χ0n) is 8.80. The summed E-state index contributed by atoms with van der Waals surface area (Å²) in [6.45, 7) is 1.69. The van der Waals surface area contributed by atoms with Crippen LogP contribution in [0.4, 0.5) is 5.82 Å². The maximum Gasteiger partial charge on any atom is 0.390 e. The second-order valence-corrected chi connectivity index (χ2v) is 3.35. The Kier molecular flexibility index (Phi) is 3.03. The highest BCUT2D eigenvalue weighted by molar-refractivity contribution is 5.75. The molecule has 15 heavy (non-hydrogen) atoms. The van der Waals surface area contributed by atoms with E-state index >= 15 is 0 Å². The summed E-state index contributed by atoms with van der Waals surface area (Å²) in [6, 6.07) is 1.34. The zero-order chi connectivity index (χ0) is 11.6. The van der Waals surface area contributed by atoms with Gasteiger partial charge in [0.2, 0.25) is 5.91 Å². The zero-order valence-corrected chi connectivity index (χ0v) is 8.80. The average molecular weight is 212 g/mol. The van der Waals surface area contributed by atoms with E-state index in [1.807, 2.05) is 0 Å². The lowest BCUT2D eigenvalue weighted by molar-refractivity contribution is -0.389. The van der Waals surface area contributed by atoms with E-state index in [1.54, 1.807) is 21.0 Å². The fourth-order valence-corrected chi connectivity index (χ4v) is 1.01. The minimum Gasteiger partial charge on any atom is -0.358 e. The molecule has 0 saturated carbocycles. The van der Waals surface area contributed by atoms with Crippen LogP contribution in [0.15, 0.2) is 6.07 Å². The van der Waals surface area contributed by atoms with E-state index in [0.717, 1.165) is 0 Å². The van der Waals surface area contributed by atoms with Crippen LogP contribution < -0.4 is 0 Å². The fraction of sp³-hybridized carbons (Fsp3) is 0.500. The summed E-state index contributed by atoms with van der Waals surface area (Å²) in [7, 11) is 3.24. The van der Waals surface area contributed by atoms with E-state index in [0.29, 0.717) is 5.69 Å². The highest BCUT2D eigenvalue weighted by Gasteiger charge is 2.17. The van der Waals surface area contributed by atoms with Gasteiger partial charge in [0.1, 0.15) is 6.54 Å². The molecule has 0 aliphatic heterocycles. The van der Waals surface area contributed by atoms with Gasteiger partial charge >= 0.3 is 5.82 Å². The number of hydrogen-bond acceptors (Lipinski definition) is 4. The van der Waals surface area contributed by atoms with Crippen LogP contribution in [0.25, 0.3) is 0 Å². The number of aromatic nitrogens is 2. The van der Waals surface area contributed by atoms with Crippen molar-refractivity contribution in [3.8, 4) is 0 Å². The number of carbonyl (C=O) groups excluding carboxylic acids is 1. The van der Waals surface area contributed by atoms with Crippen molar-refractivity contribution in [2.24, 2.45) is 0 Å². The van der Waals surface area contributed by atoms with Gasteiger partial charge in [-0.05, 0) is 11.8 Å². The standard InChI is InChI=1S/C8H12N4O3/c1-6-4-7(12(14)15)9-11(6)5-8(13)10(2)3/h4H,5H2,1-3H3. The second-order valence-electron chi connectivity index (χ2n) is 3.35. The van der Waals surface area contributed by atoms with Gasteiger partial charge in [0.15, 0.2) is 0 Å². The summed E-state index contributed by atoms with van der Waals surface area (Å²) in [5.41, 5.74) is 0.594. The molecule has 0 spiro atoms. The Morgan fingerprint density at radius 2 is 2.27 bits per heavy atom. The van der Waals surface area contributed by atoms with E-state index in [9.17, 15) is 14.9 Å². The summed E-state index contributed by atoms with van der Waals surface area (Å²) in [5, 5.41) is 14.1. The third-order valence-corrected chi connectivity index (χ3v) is 1.94. The first-order valence-corrected chi connectivity index (χ1v) is 4.31. The van der Waals surface area contributed by atoms with Crippen molar-refractivity contribution in [2.75, 3.05) is 14.1 Å². The van der Waals surface area contributed by atoms with Crippen molar-refractivity contribution in [2.45, 2.75) is 13.5 Å². The molecule has 7 nitrogen and oxygen atoms in total. The number of hydrogen-bond donors (Lipinski definition) is 0. The molecule has 7 heteroatoms. The minimum absolute atomic E-state index is 0.0205. The van der Waals surface area contributed by atoms with E-state index in [-0.39, 0.29) is 18.3 Å². The number of nitrogens with zero attached hydrogens (tertiary/aromatic N) is 4. The highest BCUT2D eigenvalue weighted by atomic mass is 16.6. The lowest BCUT2D eigenvalue weighted by atomic mass is 10.4.